The molecule has 0 saturated heterocycles. The molecular formula is C28H25FN6O2S2. The fourth-order valence-electron chi connectivity index (χ4n) is 4.76. The summed E-state index contributed by atoms with van der Waals surface area (Å²) in [5, 5.41) is 19.8. The van der Waals surface area contributed by atoms with E-state index in [9.17, 15) is 14.0 Å². The van der Waals surface area contributed by atoms with E-state index in [-0.39, 0.29) is 18.3 Å². The predicted molar refractivity (Wildman–Crippen MR) is 152 cm³/mol. The quantitative estimate of drug-likeness (QED) is 0.278. The van der Waals surface area contributed by atoms with Gasteiger partial charge >= 0.3 is 0 Å². The summed E-state index contributed by atoms with van der Waals surface area (Å²) < 4.78 is 16.6. The smallest absolute Gasteiger partial charge is 0.271 e. The molecule has 0 saturated carbocycles. The number of thiophene rings is 2. The first-order valence-corrected chi connectivity index (χ1v) is 14.2. The Bertz CT molecular complexity index is 1750. The third kappa shape index (κ3) is 4.61. The van der Waals surface area contributed by atoms with Crippen LogP contribution in [0.15, 0.2) is 75.4 Å². The summed E-state index contributed by atoms with van der Waals surface area (Å²) in [5.41, 5.74) is 1.68. The molecule has 0 N–H and O–H groups in total. The van der Waals surface area contributed by atoms with Gasteiger partial charge in [0, 0.05) is 6.42 Å². The minimum atomic E-state index is -0.459. The monoisotopic (exact) mass is 560 g/mol. The first-order chi connectivity index (χ1) is 18.7. The number of halogens is 1. The van der Waals surface area contributed by atoms with E-state index in [1.54, 1.807) is 34.3 Å². The average molecular weight is 561 g/mol. The zero-order valence-corrected chi connectivity index (χ0v) is 23.2. The Balaban J connectivity index is 1.44. The number of hydrogen-bond donors (Lipinski definition) is 0. The van der Waals surface area contributed by atoms with Crippen LogP contribution in [0.2, 0.25) is 0 Å². The maximum absolute atomic E-state index is 13.8. The summed E-state index contributed by atoms with van der Waals surface area (Å²) in [4.78, 5) is 29.4. The second-order valence-electron chi connectivity index (χ2n) is 10.3. The Morgan fingerprint density at radius 2 is 1.74 bits per heavy atom. The van der Waals surface area contributed by atoms with Crippen LogP contribution in [-0.2, 0) is 16.9 Å². The van der Waals surface area contributed by atoms with Crippen LogP contribution in [0.4, 0.5) is 4.39 Å². The van der Waals surface area contributed by atoms with Gasteiger partial charge in [-0.2, -0.15) is 15.3 Å². The Morgan fingerprint density at radius 3 is 2.38 bits per heavy atom. The topological polar surface area (TPSA) is 85.4 Å². The predicted octanol–water partition coefficient (Wildman–Crippen LogP) is 5.66. The van der Waals surface area contributed by atoms with Crippen LogP contribution in [0, 0.1) is 5.82 Å². The Hall–Kier alpha value is -3.96. The molecule has 8 nitrogen and oxygen atoms in total. The molecule has 4 aromatic heterocycles. The van der Waals surface area contributed by atoms with E-state index in [0.717, 1.165) is 21.0 Å². The lowest BCUT2D eigenvalue weighted by atomic mass is 10.0. The molecule has 1 aromatic carbocycles. The molecule has 5 heterocycles. The summed E-state index contributed by atoms with van der Waals surface area (Å²) in [5.74, 6) is -0.738. The molecule has 0 fully saturated rings. The first-order valence-electron chi connectivity index (χ1n) is 12.4. The third-order valence-electron chi connectivity index (χ3n) is 6.58. The molecule has 0 bridgehead atoms. The van der Waals surface area contributed by atoms with E-state index in [4.69, 9.17) is 0 Å². The van der Waals surface area contributed by atoms with Gasteiger partial charge in [0.05, 0.1) is 38.6 Å². The summed E-state index contributed by atoms with van der Waals surface area (Å²) in [6, 6.07) is 13.4. The minimum Gasteiger partial charge on any atom is -0.271 e. The molecule has 0 aliphatic carbocycles. The summed E-state index contributed by atoms with van der Waals surface area (Å²) >= 11 is 3.04. The van der Waals surface area contributed by atoms with Crippen LogP contribution in [0.3, 0.4) is 0 Å². The number of hydrogen-bond acceptors (Lipinski definition) is 7. The number of benzene rings is 1. The number of amides is 1. The van der Waals surface area contributed by atoms with Gasteiger partial charge in [0.25, 0.3) is 11.5 Å². The van der Waals surface area contributed by atoms with Crippen molar-refractivity contribution in [3.05, 3.63) is 92.1 Å². The molecule has 0 radical (unpaired) electrons. The molecule has 1 unspecified atom stereocenters. The van der Waals surface area contributed by atoms with Gasteiger partial charge in [-0.05, 0) is 61.4 Å². The van der Waals surface area contributed by atoms with Crippen molar-refractivity contribution in [2.45, 2.75) is 45.3 Å². The third-order valence-corrected chi connectivity index (χ3v) is 8.38. The van der Waals surface area contributed by atoms with E-state index in [1.807, 2.05) is 55.8 Å². The maximum Gasteiger partial charge on any atom is 0.293 e. The van der Waals surface area contributed by atoms with Crippen LogP contribution < -0.4 is 5.56 Å². The highest BCUT2D eigenvalue weighted by molar-refractivity contribution is 7.13. The number of hydrazone groups is 1. The lowest BCUT2D eigenvalue weighted by Crippen LogP contribution is -2.36. The molecule has 5 aromatic rings. The van der Waals surface area contributed by atoms with Crippen molar-refractivity contribution in [3.63, 3.8) is 0 Å². The number of fused-ring (bicyclic) bond motifs is 1. The number of rotatable bonds is 5. The molecule has 1 aliphatic heterocycles. The zero-order valence-electron chi connectivity index (χ0n) is 21.5. The molecule has 1 aliphatic rings. The second-order valence-corrected chi connectivity index (χ2v) is 12.2. The molecule has 39 heavy (non-hydrogen) atoms. The summed E-state index contributed by atoms with van der Waals surface area (Å²) in [6.45, 7) is 5.61. The minimum absolute atomic E-state index is 0.304. The Labute approximate surface area is 231 Å². The van der Waals surface area contributed by atoms with Crippen LogP contribution in [-0.4, -0.2) is 36.2 Å². The van der Waals surface area contributed by atoms with Crippen molar-refractivity contribution in [2.75, 3.05) is 0 Å². The largest absolute Gasteiger partial charge is 0.293 e. The van der Waals surface area contributed by atoms with Gasteiger partial charge in [-0.3, -0.25) is 14.3 Å². The molecule has 0 spiro atoms. The molecule has 11 heteroatoms. The number of nitrogens with zero attached hydrogens (tertiary/aromatic N) is 6. The lowest BCUT2D eigenvalue weighted by molar-refractivity contribution is -0.133. The second kappa shape index (κ2) is 9.65. The maximum atomic E-state index is 13.8. The van der Waals surface area contributed by atoms with Crippen LogP contribution in [0.5, 0.6) is 0 Å². The van der Waals surface area contributed by atoms with Crippen LogP contribution in [0.25, 0.3) is 21.5 Å². The molecule has 1 atom stereocenters. The molecule has 1 amide bonds. The fourth-order valence-corrected chi connectivity index (χ4v) is 6.20. The molecular weight excluding hydrogens is 535 g/mol. The normalized spacial score (nSPS) is 15.7. The van der Waals surface area contributed by atoms with Crippen LogP contribution >= 0.6 is 22.7 Å². The number of carbonyl (C=O) groups excluding carboxylic acids is 1. The summed E-state index contributed by atoms with van der Waals surface area (Å²) in [7, 11) is 0. The molecule has 6 rings (SSSR count). The van der Waals surface area contributed by atoms with Crippen molar-refractivity contribution in [2.24, 2.45) is 5.10 Å². The van der Waals surface area contributed by atoms with Gasteiger partial charge in [0.2, 0.25) is 0 Å². The highest BCUT2D eigenvalue weighted by atomic mass is 32.1. The van der Waals surface area contributed by atoms with E-state index >= 15 is 0 Å². The SMILES string of the molecule is CC(C)(C)n1ncc2c(-c3cccs3)nn(CC(=O)N3N=C(c4cccs4)CC3c3ccc(F)cc3)c(=O)c21. The van der Waals surface area contributed by atoms with E-state index in [0.29, 0.717) is 23.0 Å². The average Bonchev–Trinajstić information content (AvgIpc) is 3.71. The first kappa shape index (κ1) is 25.3. The van der Waals surface area contributed by atoms with Gasteiger partial charge in [-0.25, -0.2) is 14.1 Å². The van der Waals surface area contributed by atoms with Crippen molar-refractivity contribution in [3.8, 4) is 10.6 Å². The van der Waals surface area contributed by atoms with Gasteiger partial charge < -0.3 is 0 Å². The number of carbonyl (C=O) groups is 1. The van der Waals surface area contributed by atoms with Crippen molar-refractivity contribution < 1.29 is 9.18 Å². The zero-order chi connectivity index (χ0) is 27.3. The van der Waals surface area contributed by atoms with Gasteiger partial charge in [0.15, 0.2) is 0 Å². The van der Waals surface area contributed by atoms with E-state index in [1.165, 1.54) is 33.2 Å². The highest BCUT2D eigenvalue weighted by Gasteiger charge is 2.34. The van der Waals surface area contributed by atoms with Crippen LogP contribution in [0.1, 0.15) is 43.7 Å². The van der Waals surface area contributed by atoms with Gasteiger partial charge in [-0.1, -0.05) is 24.3 Å². The number of aromatic nitrogens is 4. The van der Waals surface area contributed by atoms with Gasteiger partial charge in [-0.15, -0.1) is 22.7 Å². The molecule has 198 valence electrons. The fraction of sp³-hybridized carbons (Fsp3) is 0.250. The highest BCUT2D eigenvalue weighted by Crippen LogP contribution is 2.34. The van der Waals surface area contributed by atoms with E-state index in [2.05, 4.69) is 15.3 Å². The lowest BCUT2D eigenvalue weighted by Gasteiger charge is -2.23. The van der Waals surface area contributed by atoms with Crippen molar-refractivity contribution in [1.82, 2.24) is 24.6 Å². The Kier molecular flexibility index (Phi) is 6.27. The van der Waals surface area contributed by atoms with E-state index < -0.39 is 17.1 Å². The summed E-state index contributed by atoms with van der Waals surface area (Å²) in [6.07, 6.45) is 2.15. The van der Waals surface area contributed by atoms with Gasteiger partial charge in [0.1, 0.15) is 23.6 Å². The Morgan fingerprint density at radius 1 is 1.05 bits per heavy atom. The standard InChI is InChI=1S/C28H25FN6O2S2/c1-28(2,3)35-26-19(15-30-35)25(23-7-5-13-39-23)32-33(27(26)37)16-24(36)34-21(17-8-10-18(29)11-9-17)14-20(31-34)22-6-4-12-38-22/h4-13,15,21H,14,16H2,1-3H3. The van der Waals surface area contributed by atoms with Crippen molar-refractivity contribution in [1.29, 1.82) is 0 Å². The van der Waals surface area contributed by atoms with Crippen molar-refractivity contribution >= 4 is 45.2 Å².